The van der Waals surface area contributed by atoms with Gasteiger partial charge in [-0.15, -0.1) is 10.2 Å². The highest BCUT2D eigenvalue weighted by Crippen LogP contribution is 2.20. The molecule has 0 spiro atoms. The summed E-state index contributed by atoms with van der Waals surface area (Å²) in [5, 5.41) is 8.88. The summed E-state index contributed by atoms with van der Waals surface area (Å²) >= 11 is 0. The van der Waals surface area contributed by atoms with Crippen LogP contribution in [-0.4, -0.2) is 91.0 Å². The molecule has 3 fully saturated rings. The Morgan fingerprint density at radius 1 is 0.857 bits per heavy atom. The minimum Gasteiger partial charge on any atom is -0.448 e. The van der Waals surface area contributed by atoms with E-state index in [0.29, 0.717) is 39.3 Å². The van der Waals surface area contributed by atoms with Crippen LogP contribution in [0, 0.1) is 0 Å². The Hall–Kier alpha value is -2.58. The van der Waals surface area contributed by atoms with Crippen molar-refractivity contribution in [2.75, 3.05) is 68.8 Å². The van der Waals surface area contributed by atoms with Crippen molar-refractivity contribution in [2.24, 2.45) is 0 Å². The van der Waals surface area contributed by atoms with Crippen molar-refractivity contribution in [1.82, 2.24) is 20.0 Å². The maximum absolute atomic E-state index is 12.4. The van der Waals surface area contributed by atoms with Gasteiger partial charge in [0.25, 0.3) is 0 Å². The van der Waals surface area contributed by atoms with E-state index in [-0.39, 0.29) is 12.5 Å². The van der Waals surface area contributed by atoms with Crippen LogP contribution in [0.4, 0.5) is 16.4 Å². The summed E-state index contributed by atoms with van der Waals surface area (Å²) in [4.78, 5) is 31.7. The van der Waals surface area contributed by atoms with Gasteiger partial charge in [0.2, 0.25) is 5.91 Å². The first kappa shape index (κ1) is 18.8. The van der Waals surface area contributed by atoms with Crippen molar-refractivity contribution < 1.29 is 14.3 Å². The minimum absolute atomic E-state index is 0.0268. The molecule has 1 aromatic rings. The lowest BCUT2D eigenvalue weighted by molar-refractivity contribution is -0.132. The molecule has 3 saturated heterocycles. The highest BCUT2D eigenvalue weighted by atomic mass is 16.6. The number of nitrogens with zero attached hydrogens (tertiary/aromatic N) is 6. The number of anilines is 2. The average Bonchev–Trinajstić information content (AvgIpc) is 2.97. The summed E-state index contributed by atoms with van der Waals surface area (Å²) in [5.74, 6) is 1.78. The maximum Gasteiger partial charge on any atom is 0.410 e. The van der Waals surface area contributed by atoms with E-state index < -0.39 is 6.09 Å². The molecular weight excluding hydrogens is 360 g/mol. The van der Waals surface area contributed by atoms with Crippen LogP contribution in [0.25, 0.3) is 0 Å². The van der Waals surface area contributed by atoms with E-state index in [1.807, 2.05) is 6.07 Å². The first-order valence-corrected chi connectivity index (χ1v) is 10.2. The number of piperazine rings is 1. The third-order valence-corrected chi connectivity index (χ3v) is 5.69. The van der Waals surface area contributed by atoms with Crippen LogP contribution in [0.5, 0.6) is 0 Å². The summed E-state index contributed by atoms with van der Waals surface area (Å²) in [6, 6.07) is 4.09. The molecule has 152 valence electrons. The second kappa shape index (κ2) is 8.62. The Labute approximate surface area is 165 Å². The lowest BCUT2D eigenvalue weighted by atomic mass is 10.2. The van der Waals surface area contributed by atoms with E-state index in [1.165, 1.54) is 30.6 Å². The molecule has 4 heterocycles. The molecule has 0 aromatic carbocycles. The summed E-state index contributed by atoms with van der Waals surface area (Å²) in [7, 11) is 0. The Morgan fingerprint density at radius 3 is 2.00 bits per heavy atom. The normalized spacial score (nSPS) is 20.9. The molecule has 0 radical (unpaired) electrons. The lowest BCUT2D eigenvalue weighted by Gasteiger charge is -2.35. The first-order chi connectivity index (χ1) is 13.7. The van der Waals surface area contributed by atoms with Crippen LogP contribution in [-0.2, 0) is 9.53 Å². The van der Waals surface area contributed by atoms with Gasteiger partial charge < -0.3 is 19.4 Å². The summed E-state index contributed by atoms with van der Waals surface area (Å²) in [5.41, 5.74) is 0. The molecule has 0 atom stereocenters. The third-order valence-electron chi connectivity index (χ3n) is 5.69. The molecular formula is C19H28N6O3. The summed E-state index contributed by atoms with van der Waals surface area (Å²) < 4.78 is 4.88. The van der Waals surface area contributed by atoms with E-state index in [4.69, 9.17) is 4.74 Å². The number of aromatic nitrogens is 2. The van der Waals surface area contributed by atoms with Gasteiger partial charge in [-0.05, 0) is 25.0 Å². The SMILES string of the molecule is O=C(CN1CCOC1=O)N1CCN(c2ccc(N3CCCCCC3)nn2)CC1. The van der Waals surface area contributed by atoms with E-state index in [9.17, 15) is 9.59 Å². The number of rotatable bonds is 4. The number of ether oxygens (including phenoxy) is 1. The van der Waals surface area contributed by atoms with Gasteiger partial charge in [0.05, 0.1) is 6.54 Å². The summed E-state index contributed by atoms with van der Waals surface area (Å²) in [6.07, 6.45) is 4.63. The van der Waals surface area contributed by atoms with Crippen molar-refractivity contribution in [1.29, 1.82) is 0 Å². The second-order valence-electron chi connectivity index (χ2n) is 7.55. The fourth-order valence-electron chi connectivity index (χ4n) is 3.97. The zero-order valence-electron chi connectivity index (χ0n) is 16.3. The van der Waals surface area contributed by atoms with Crippen LogP contribution in [0.3, 0.4) is 0 Å². The van der Waals surface area contributed by atoms with Gasteiger partial charge in [0.15, 0.2) is 11.6 Å². The van der Waals surface area contributed by atoms with E-state index in [2.05, 4.69) is 26.1 Å². The summed E-state index contributed by atoms with van der Waals surface area (Å²) in [6.45, 7) is 5.74. The van der Waals surface area contributed by atoms with Gasteiger partial charge in [-0.3, -0.25) is 9.69 Å². The van der Waals surface area contributed by atoms with Crippen molar-refractivity contribution in [3.8, 4) is 0 Å². The molecule has 9 nitrogen and oxygen atoms in total. The number of carbonyl (C=O) groups excluding carboxylic acids is 2. The minimum atomic E-state index is -0.397. The molecule has 0 bridgehead atoms. The maximum atomic E-state index is 12.4. The van der Waals surface area contributed by atoms with Crippen LogP contribution in [0.1, 0.15) is 25.7 Å². The van der Waals surface area contributed by atoms with Crippen LogP contribution in [0.15, 0.2) is 12.1 Å². The second-order valence-corrected chi connectivity index (χ2v) is 7.55. The van der Waals surface area contributed by atoms with Crippen molar-refractivity contribution in [3.63, 3.8) is 0 Å². The predicted molar refractivity (Wildman–Crippen MR) is 104 cm³/mol. The number of amides is 2. The van der Waals surface area contributed by atoms with E-state index in [1.54, 1.807) is 4.90 Å². The smallest absolute Gasteiger partial charge is 0.410 e. The average molecular weight is 388 g/mol. The van der Waals surface area contributed by atoms with Crippen LogP contribution >= 0.6 is 0 Å². The Balaban J connectivity index is 1.28. The van der Waals surface area contributed by atoms with Gasteiger partial charge in [0, 0.05) is 39.3 Å². The van der Waals surface area contributed by atoms with Gasteiger partial charge in [-0.2, -0.15) is 0 Å². The quantitative estimate of drug-likeness (QED) is 0.760. The molecule has 0 unspecified atom stereocenters. The first-order valence-electron chi connectivity index (χ1n) is 10.2. The molecule has 0 saturated carbocycles. The molecule has 1 aromatic heterocycles. The molecule has 9 heteroatoms. The number of hydrogen-bond acceptors (Lipinski definition) is 7. The predicted octanol–water partition coefficient (Wildman–Crippen LogP) is 0.958. The van der Waals surface area contributed by atoms with Crippen molar-refractivity contribution in [3.05, 3.63) is 12.1 Å². The van der Waals surface area contributed by atoms with Gasteiger partial charge in [0.1, 0.15) is 13.2 Å². The Kier molecular flexibility index (Phi) is 5.78. The number of cyclic esters (lactones) is 1. The molecule has 3 aliphatic heterocycles. The van der Waals surface area contributed by atoms with Gasteiger partial charge >= 0.3 is 6.09 Å². The number of carbonyl (C=O) groups is 2. The third kappa shape index (κ3) is 4.28. The molecule has 4 rings (SSSR count). The van der Waals surface area contributed by atoms with Crippen molar-refractivity contribution >= 4 is 23.6 Å². The lowest BCUT2D eigenvalue weighted by Crippen LogP contribution is -2.51. The fourth-order valence-corrected chi connectivity index (χ4v) is 3.97. The van der Waals surface area contributed by atoms with E-state index >= 15 is 0 Å². The molecule has 28 heavy (non-hydrogen) atoms. The topological polar surface area (TPSA) is 82.1 Å². The van der Waals surface area contributed by atoms with Crippen LogP contribution < -0.4 is 9.80 Å². The van der Waals surface area contributed by atoms with Crippen molar-refractivity contribution in [2.45, 2.75) is 25.7 Å². The zero-order valence-corrected chi connectivity index (χ0v) is 16.3. The molecule has 3 aliphatic rings. The van der Waals surface area contributed by atoms with E-state index in [0.717, 1.165) is 24.7 Å². The largest absolute Gasteiger partial charge is 0.448 e. The van der Waals surface area contributed by atoms with Gasteiger partial charge in [-0.1, -0.05) is 12.8 Å². The monoisotopic (exact) mass is 388 g/mol. The highest BCUT2D eigenvalue weighted by Gasteiger charge is 2.28. The zero-order chi connectivity index (χ0) is 19.3. The van der Waals surface area contributed by atoms with Crippen LogP contribution in [0.2, 0.25) is 0 Å². The number of hydrogen-bond donors (Lipinski definition) is 0. The Bertz CT molecular complexity index is 681. The Morgan fingerprint density at radius 2 is 1.46 bits per heavy atom. The fraction of sp³-hybridized carbons (Fsp3) is 0.684. The molecule has 0 aliphatic carbocycles. The highest BCUT2D eigenvalue weighted by molar-refractivity contribution is 5.83. The van der Waals surface area contributed by atoms with Gasteiger partial charge in [-0.25, -0.2) is 4.79 Å². The molecule has 2 amide bonds. The molecule has 0 N–H and O–H groups in total. The standard InChI is InChI=1S/C19H28N6O3/c26-18(15-25-13-14-28-19(25)27)24-11-9-23(10-12-24)17-6-5-16(20-21-17)22-7-3-1-2-4-8-22/h5-6H,1-4,7-15H2.